The van der Waals surface area contributed by atoms with E-state index in [1.165, 1.54) is 77.8 Å². The van der Waals surface area contributed by atoms with Crippen molar-refractivity contribution in [3.8, 4) is 0 Å². The third-order valence-electron chi connectivity index (χ3n) is 4.94. The molecule has 3 nitrogen and oxygen atoms in total. The van der Waals surface area contributed by atoms with Crippen LogP contribution in [-0.2, 0) is 0 Å². The highest BCUT2D eigenvalue weighted by Crippen LogP contribution is 2.17. The van der Waals surface area contributed by atoms with E-state index in [9.17, 15) is 0 Å². The molecule has 1 unspecified atom stereocenters. The fraction of sp³-hybridized carbons (Fsp3) is 1.00. The van der Waals surface area contributed by atoms with E-state index in [2.05, 4.69) is 29.0 Å². The van der Waals surface area contributed by atoms with Gasteiger partial charge < -0.3 is 10.2 Å². The van der Waals surface area contributed by atoms with Gasteiger partial charge in [0.1, 0.15) is 0 Å². The number of piperazine rings is 1. The Morgan fingerprint density at radius 3 is 2.58 bits per heavy atom. The first kappa shape index (κ1) is 15.3. The normalized spacial score (nSPS) is 27.8. The van der Waals surface area contributed by atoms with Crippen LogP contribution in [0.2, 0.25) is 0 Å². The average Bonchev–Trinajstić information content (AvgIpc) is 2.45. The Balaban J connectivity index is 1.53. The number of rotatable bonds is 6. The second-order valence-electron chi connectivity index (χ2n) is 6.42. The van der Waals surface area contributed by atoms with E-state index in [0.29, 0.717) is 0 Å². The van der Waals surface area contributed by atoms with Gasteiger partial charge in [-0.15, -0.1) is 0 Å². The van der Waals surface area contributed by atoms with Gasteiger partial charge in [0, 0.05) is 31.7 Å². The largest absolute Gasteiger partial charge is 0.314 e. The van der Waals surface area contributed by atoms with Crippen LogP contribution in [0.3, 0.4) is 0 Å². The van der Waals surface area contributed by atoms with Crippen molar-refractivity contribution in [1.29, 1.82) is 0 Å². The average molecular weight is 267 g/mol. The standard InChI is InChI=1S/C16H33N3/c1-3-19-13-12-18(14-15(19)2)11-7-10-17-16-8-5-4-6-9-16/h15-17H,3-14H2,1-2H3. The SMILES string of the molecule is CCN1CCN(CCCNC2CCCCC2)CC1C. The zero-order valence-corrected chi connectivity index (χ0v) is 13.0. The van der Waals surface area contributed by atoms with Crippen LogP contribution >= 0.6 is 0 Å². The number of nitrogens with zero attached hydrogens (tertiary/aromatic N) is 2. The molecule has 0 amide bonds. The summed E-state index contributed by atoms with van der Waals surface area (Å²) in [6.45, 7) is 12.1. The number of hydrogen-bond acceptors (Lipinski definition) is 3. The third-order valence-corrected chi connectivity index (χ3v) is 4.94. The van der Waals surface area contributed by atoms with Crippen LogP contribution in [0, 0.1) is 0 Å². The van der Waals surface area contributed by atoms with Gasteiger partial charge in [-0.25, -0.2) is 0 Å². The van der Waals surface area contributed by atoms with Gasteiger partial charge in [-0.3, -0.25) is 4.90 Å². The van der Waals surface area contributed by atoms with Crippen molar-refractivity contribution in [3.05, 3.63) is 0 Å². The summed E-state index contributed by atoms with van der Waals surface area (Å²) in [6.07, 6.45) is 8.47. The van der Waals surface area contributed by atoms with Crippen LogP contribution in [-0.4, -0.2) is 61.2 Å². The molecule has 0 spiro atoms. The lowest BCUT2D eigenvalue weighted by Gasteiger charge is -2.39. The van der Waals surface area contributed by atoms with Crippen molar-refractivity contribution < 1.29 is 0 Å². The number of likely N-dealkylation sites (N-methyl/N-ethyl adjacent to an activating group) is 1. The summed E-state index contributed by atoms with van der Waals surface area (Å²) in [4.78, 5) is 5.25. The second-order valence-corrected chi connectivity index (χ2v) is 6.42. The number of nitrogens with one attached hydrogen (secondary N) is 1. The molecule has 1 atom stereocenters. The molecule has 1 heterocycles. The van der Waals surface area contributed by atoms with Crippen molar-refractivity contribution in [2.75, 3.05) is 39.3 Å². The second kappa shape index (κ2) is 8.23. The maximum atomic E-state index is 3.76. The summed E-state index contributed by atoms with van der Waals surface area (Å²) >= 11 is 0. The molecule has 112 valence electrons. The summed E-state index contributed by atoms with van der Waals surface area (Å²) in [5.74, 6) is 0. The van der Waals surface area contributed by atoms with Crippen molar-refractivity contribution in [2.24, 2.45) is 0 Å². The van der Waals surface area contributed by atoms with E-state index < -0.39 is 0 Å². The first-order valence-corrected chi connectivity index (χ1v) is 8.49. The number of hydrogen-bond donors (Lipinski definition) is 1. The smallest absolute Gasteiger partial charge is 0.0195 e. The van der Waals surface area contributed by atoms with Gasteiger partial charge in [-0.05, 0) is 45.8 Å². The Morgan fingerprint density at radius 1 is 1.11 bits per heavy atom. The highest BCUT2D eigenvalue weighted by atomic mass is 15.3. The Labute approximate surface area is 119 Å². The zero-order valence-electron chi connectivity index (χ0n) is 13.0. The first-order chi connectivity index (χ1) is 9.29. The lowest BCUT2D eigenvalue weighted by molar-refractivity contribution is 0.0871. The lowest BCUT2D eigenvalue weighted by Crippen LogP contribution is -2.52. The molecule has 0 bridgehead atoms. The Hall–Kier alpha value is -0.120. The summed E-state index contributed by atoms with van der Waals surface area (Å²) < 4.78 is 0. The molecule has 0 aromatic heterocycles. The predicted molar refractivity (Wildman–Crippen MR) is 82.6 cm³/mol. The van der Waals surface area contributed by atoms with Crippen molar-refractivity contribution in [2.45, 2.75) is 64.5 Å². The molecular formula is C16H33N3. The molecule has 1 aliphatic carbocycles. The fourth-order valence-corrected chi connectivity index (χ4v) is 3.66. The van der Waals surface area contributed by atoms with E-state index in [4.69, 9.17) is 0 Å². The van der Waals surface area contributed by atoms with E-state index in [0.717, 1.165) is 12.1 Å². The Kier molecular flexibility index (Phi) is 6.62. The van der Waals surface area contributed by atoms with Gasteiger partial charge in [0.05, 0.1) is 0 Å². The molecule has 19 heavy (non-hydrogen) atoms. The summed E-state index contributed by atoms with van der Waals surface area (Å²) in [6, 6.07) is 1.56. The zero-order chi connectivity index (χ0) is 13.5. The van der Waals surface area contributed by atoms with Crippen LogP contribution in [0.5, 0.6) is 0 Å². The van der Waals surface area contributed by atoms with Crippen molar-refractivity contribution in [1.82, 2.24) is 15.1 Å². The third kappa shape index (κ3) is 5.05. The van der Waals surface area contributed by atoms with Gasteiger partial charge >= 0.3 is 0 Å². The highest BCUT2D eigenvalue weighted by molar-refractivity contribution is 4.78. The summed E-state index contributed by atoms with van der Waals surface area (Å²) in [5.41, 5.74) is 0. The maximum Gasteiger partial charge on any atom is 0.0195 e. The monoisotopic (exact) mass is 267 g/mol. The van der Waals surface area contributed by atoms with Crippen LogP contribution in [0.4, 0.5) is 0 Å². The molecule has 0 radical (unpaired) electrons. The van der Waals surface area contributed by atoms with Crippen LogP contribution in [0.1, 0.15) is 52.4 Å². The minimum atomic E-state index is 0.741. The van der Waals surface area contributed by atoms with Crippen molar-refractivity contribution in [3.63, 3.8) is 0 Å². The Bertz CT molecular complexity index is 238. The Morgan fingerprint density at radius 2 is 1.89 bits per heavy atom. The molecule has 2 fully saturated rings. The quantitative estimate of drug-likeness (QED) is 0.745. The lowest BCUT2D eigenvalue weighted by atomic mass is 9.95. The summed E-state index contributed by atoms with van der Waals surface area (Å²) in [5, 5.41) is 3.76. The molecular weight excluding hydrogens is 234 g/mol. The van der Waals surface area contributed by atoms with Gasteiger partial charge in [-0.1, -0.05) is 26.2 Å². The molecule has 1 saturated heterocycles. The van der Waals surface area contributed by atoms with E-state index in [1.807, 2.05) is 0 Å². The van der Waals surface area contributed by atoms with Crippen LogP contribution in [0.25, 0.3) is 0 Å². The molecule has 2 rings (SSSR count). The van der Waals surface area contributed by atoms with E-state index in [-0.39, 0.29) is 0 Å². The molecule has 0 aromatic carbocycles. The van der Waals surface area contributed by atoms with Crippen LogP contribution in [0.15, 0.2) is 0 Å². The van der Waals surface area contributed by atoms with Crippen LogP contribution < -0.4 is 5.32 Å². The van der Waals surface area contributed by atoms with Crippen molar-refractivity contribution >= 4 is 0 Å². The minimum Gasteiger partial charge on any atom is -0.314 e. The van der Waals surface area contributed by atoms with E-state index in [1.54, 1.807) is 0 Å². The van der Waals surface area contributed by atoms with Gasteiger partial charge in [0.25, 0.3) is 0 Å². The van der Waals surface area contributed by atoms with E-state index >= 15 is 0 Å². The summed E-state index contributed by atoms with van der Waals surface area (Å²) in [7, 11) is 0. The molecule has 2 aliphatic rings. The molecule has 3 heteroatoms. The first-order valence-electron chi connectivity index (χ1n) is 8.49. The van der Waals surface area contributed by atoms with Gasteiger partial charge in [-0.2, -0.15) is 0 Å². The maximum absolute atomic E-state index is 3.76. The molecule has 1 aliphatic heterocycles. The molecule has 0 aromatic rings. The van der Waals surface area contributed by atoms with Gasteiger partial charge in [0.2, 0.25) is 0 Å². The molecule has 1 N–H and O–H groups in total. The fourth-order valence-electron chi connectivity index (χ4n) is 3.66. The minimum absolute atomic E-state index is 0.741. The topological polar surface area (TPSA) is 18.5 Å². The van der Waals surface area contributed by atoms with Gasteiger partial charge in [0.15, 0.2) is 0 Å². The molecule has 1 saturated carbocycles. The highest BCUT2D eigenvalue weighted by Gasteiger charge is 2.21. The predicted octanol–water partition coefficient (Wildman–Crippen LogP) is 2.32.